The number of pyridine rings is 1. The van der Waals surface area contributed by atoms with Gasteiger partial charge in [-0.3, -0.25) is 4.98 Å². The largest absolute Gasteiger partial charge is 0.341 e. The maximum absolute atomic E-state index is 6.06. The lowest BCUT2D eigenvalue weighted by Crippen LogP contribution is -2.40. The maximum atomic E-state index is 6.06. The van der Waals surface area contributed by atoms with E-state index in [0.29, 0.717) is 10.1 Å². The Morgan fingerprint density at radius 3 is 2.67 bits per heavy atom. The molecule has 1 atom stereocenters. The number of aromatic nitrogens is 1. The van der Waals surface area contributed by atoms with Crippen LogP contribution in [0.5, 0.6) is 0 Å². The smallest absolute Gasteiger partial charge is 0.173 e. The summed E-state index contributed by atoms with van der Waals surface area (Å²) < 4.78 is 0. The van der Waals surface area contributed by atoms with Crippen molar-refractivity contribution < 1.29 is 0 Å². The van der Waals surface area contributed by atoms with Crippen LogP contribution in [-0.4, -0.2) is 47.1 Å². The van der Waals surface area contributed by atoms with Crippen LogP contribution < -0.4 is 5.32 Å². The molecule has 1 unspecified atom stereocenters. The molecule has 0 fully saturated rings. The first kappa shape index (κ1) is 18.6. The second-order valence-corrected chi connectivity index (χ2v) is 6.72. The number of anilines is 1. The summed E-state index contributed by atoms with van der Waals surface area (Å²) in [7, 11) is 4.11. The van der Waals surface area contributed by atoms with Crippen LogP contribution >= 0.6 is 23.8 Å². The third-order valence-electron chi connectivity index (χ3n) is 3.76. The van der Waals surface area contributed by atoms with Crippen LogP contribution in [0.4, 0.5) is 5.69 Å². The van der Waals surface area contributed by atoms with Crippen molar-refractivity contribution >= 4 is 34.6 Å². The van der Waals surface area contributed by atoms with Crippen LogP contribution in [0.25, 0.3) is 0 Å². The third kappa shape index (κ3) is 5.44. The number of rotatable bonds is 6. The van der Waals surface area contributed by atoms with Crippen molar-refractivity contribution in [3.8, 4) is 0 Å². The van der Waals surface area contributed by atoms with E-state index in [0.717, 1.165) is 24.3 Å². The van der Waals surface area contributed by atoms with Crippen molar-refractivity contribution in [1.82, 2.24) is 14.8 Å². The molecule has 6 heteroatoms. The first-order valence-electron chi connectivity index (χ1n) is 7.85. The fraction of sp³-hybridized carbons (Fsp3) is 0.333. The minimum atomic E-state index is 0.123. The highest BCUT2D eigenvalue weighted by Crippen LogP contribution is 2.21. The van der Waals surface area contributed by atoms with Gasteiger partial charge in [-0.05, 0) is 63.1 Å². The Morgan fingerprint density at radius 2 is 2.04 bits per heavy atom. The van der Waals surface area contributed by atoms with Crippen LogP contribution in [-0.2, 0) is 0 Å². The summed E-state index contributed by atoms with van der Waals surface area (Å²) in [6.45, 7) is 3.86. The number of nitrogens with zero attached hydrogens (tertiary/aromatic N) is 3. The molecular weight excluding hydrogens is 340 g/mol. The van der Waals surface area contributed by atoms with Gasteiger partial charge in [0.25, 0.3) is 0 Å². The lowest BCUT2D eigenvalue weighted by molar-refractivity contribution is 0.289. The quantitative estimate of drug-likeness (QED) is 0.783. The fourth-order valence-corrected chi connectivity index (χ4v) is 2.90. The number of hydrogen-bond acceptors (Lipinski definition) is 3. The Balaban J connectivity index is 2.16. The van der Waals surface area contributed by atoms with E-state index in [4.69, 9.17) is 23.8 Å². The second-order valence-electron chi connectivity index (χ2n) is 5.90. The van der Waals surface area contributed by atoms with Gasteiger partial charge in [0.15, 0.2) is 5.11 Å². The zero-order chi connectivity index (χ0) is 17.5. The highest BCUT2D eigenvalue weighted by atomic mass is 35.5. The predicted octanol–water partition coefficient (Wildman–Crippen LogP) is 4.06. The van der Waals surface area contributed by atoms with E-state index in [9.17, 15) is 0 Å². The number of thiocarbonyl (C=S) groups is 1. The molecule has 0 amide bonds. The van der Waals surface area contributed by atoms with Crippen molar-refractivity contribution in [3.63, 3.8) is 0 Å². The molecule has 0 saturated heterocycles. The van der Waals surface area contributed by atoms with E-state index in [-0.39, 0.29) is 6.04 Å². The first-order chi connectivity index (χ1) is 11.5. The van der Waals surface area contributed by atoms with Crippen molar-refractivity contribution in [2.75, 3.05) is 32.5 Å². The van der Waals surface area contributed by atoms with Crippen LogP contribution in [0.1, 0.15) is 18.5 Å². The van der Waals surface area contributed by atoms with Gasteiger partial charge in [-0.25, -0.2) is 0 Å². The molecule has 0 aliphatic heterocycles. The van der Waals surface area contributed by atoms with Crippen molar-refractivity contribution in [2.45, 2.75) is 13.0 Å². The Morgan fingerprint density at radius 1 is 1.25 bits per heavy atom. The fourth-order valence-electron chi connectivity index (χ4n) is 2.34. The first-order valence-corrected chi connectivity index (χ1v) is 8.64. The molecule has 0 aliphatic carbocycles. The van der Waals surface area contributed by atoms with Gasteiger partial charge in [0.1, 0.15) is 0 Å². The van der Waals surface area contributed by atoms with Gasteiger partial charge < -0.3 is 15.1 Å². The van der Waals surface area contributed by atoms with E-state index >= 15 is 0 Å². The topological polar surface area (TPSA) is 31.4 Å². The molecule has 1 N–H and O–H groups in total. The molecule has 128 valence electrons. The van der Waals surface area contributed by atoms with E-state index in [1.54, 1.807) is 6.20 Å². The van der Waals surface area contributed by atoms with Gasteiger partial charge in [0.05, 0.1) is 6.04 Å². The SMILES string of the molecule is CC(c1cccnc1)N(CCN(C)C)C(=S)Nc1cccc(Cl)c1. The molecule has 1 aromatic carbocycles. The van der Waals surface area contributed by atoms with E-state index < -0.39 is 0 Å². The standard InChI is InChI=1S/C18H23ClN4S/c1-14(15-6-5-9-20-13-15)23(11-10-22(2)3)18(24)21-17-8-4-7-16(19)12-17/h4-9,12-14H,10-11H2,1-3H3,(H,21,24). The number of nitrogens with one attached hydrogen (secondary N) is 1. The monoisotopic (exact) mass is 362 g/mol. The van der Waals surface area contributed by atoms with Crippen LogP contribution in [0.15, 0.2) is 48.8 Å². The minimum absolute atomic E-state index is 0.123. The van der Waals surface area contributed by atoms with Crippen LogP contribution in [0.3, 0.4) is 0 Å². The van der Waals surface area contributed by atoms with E-state index in [1.165, 1.54) is 0 Å². The Labute approximate surface area is 154 Å². The molecule has 4 nitrogen and oxygen atoms in total. The number of hydrogen-bond donors (Lipinski definition) is 1. The molecule has 24 heavy (non-hydrogen) atoms. The van der Waals surface area contributed by atoms with Gasteiger partial charge in [0.2, 0.25) is 0 Å². The van der Waals surface area contributed by atoms with Crippen LogP contribution in [0.2, 0.25) is 5.02 Å². The number of halogens is 1. The van der Waals surface area contributed by atoms with Gasteiger partial charge in [-0.15, -0.1) is 0 Å². The zero-order valence-corrected chi connectivity index (χ0v) is 15.8. The molecule has 0 bridgehead atoms. The average molecular weight is 363 g/mol. The number of likely N-dealkylation sites (N-methyl/N-ethyl adjacent to an activating group) is 1. The summed E-state index contributed by atoms with van der Waals surface area (Å²) in [5, 5.41) is 4.65. The van der Waals surface area contributed by atoms with Gasteiger partial charge in [-0.1, -0.05) is 23.7 Å². The summed E-state index contributed by atoms with van der Waals surface area (Å²) >= 11 is 11.7. The Kier molecular flexibility index (Phi) is 6.97. The van der Waals surface area contributed by atoms with E-state index in [1.807, 2.05) is 36.5 Å². The predicted molar refractivity (Wildman–Crippen MR) is 106 cm³/mol. The summed E-state index contributed by atoms with van der Waals surface area (Å²) in [5.74, 6) is 0. The summed E-state index contributed by atoms with van der Waals surface area (Å²) in [6, 6.07) is 11.7. The Bertz CT molecular complexity index is 663. The molecule has 0 aliphatic rings. The third-order valence-corrected chi connectivity index (χ3v) is 4.33. The minimum Gasteiger partial charge on any atom is -0.341 e. The zero-order valence-electron chi connectivity index (χ0n) is 14.2. The summed E-state index contributed by atoms with van der Waals surface area (Å²) in [6.07, 6.45) is 3.66. The van der Waals surface area contributed by atoms with E-state index in [2.05, 4.69) is 47.2 Å². The molecule has 1 heterocycles. The lowest BCUT2D eigenvalue weighted by Gasteiger charge is -2.33. The molecule has 0 radical (unpaired) electrons. The Hall–Kier alpha value is -1.69. The molecule has 2 aromatic rings. The second kappa shape index (κ2) is 8.97. The van der Waals surface area contributed by atoms with Gasteiger partial charge in [-0.2, -0.15) is 0 Å². The highest BCUT2D eigenvalue weighted by Gasteiger charge is 2.19. The molecule has 2 rings (SSSR count). The average Bonchev–Trinajstić information content (AvgIpc) is 2.55. The molecule has 1 aromatic heterocycles. The normalized spacial score (nSPS) is 12.0. The maximum Gasteiger partial charge on any atom is 0.173 e. The number of benzene rings is 1. The summed E-state index contributed by atoms with van der Waals surface area (Å²) in [4.78, 5) is 8.54. The van der Waals surface area contributed by atoms with Crippen molar-refractivity contribution in [1.29, 1.82) is 0 Å². The van der Waals surface area contributed by atoms with Crippen LogP contribution in [0, 0.1) is 0 Å². The molecule has 0 saturated carbocycles. The van der Waals surface area contributed by atoms with Gasteiger partial charge in [0, 0.05) is 36.2 Å². The van der Waals surface area contributed by atoms with Gasteiger partial charge >= 0.3 is 0 Å². The summed E-state index contributed by atoms with van der Waals surface area (Å²) in [5.41, 5.74) is 2.02. The highest BCUT2D eigenvalue weighted by molar-refractivity contribution is 7.80. The molecular formula is C18H23ClN4S. The lowest BCUT2D eigenvalue weighted by atomic mass is 10.1. The van der Waals surface area contributed by atoms with Crippen molar-refractivity contribution in [2.24, 2.45) is 0 Å². The molecule has 0 spiro atoms. The van der Waals surface area contributed by atoms with Crippen molar-refractivity contribution in [3.05, 3.63) is 59.4 Å².